The number of hydrogen-bond donors (Lipinski definition) is 4. The average Bonchev–Trinajstić information content (AvgIpc) is 2.68. The molecule has 0 aliphatic rings. The molecule has 4 N–H and O–H groups in total. The number of aliphatic hydroxyl groups excluding tert-OH is 1. The summed E-state index contributed by atoms with van der Waals surface area (Å²) in [5.74, 6) is 0.211. The number of fused-ring (bicyclic) bond motifs is 1. The van der Waals surface area contributed by atoms with Gasteiger partial charge in [-0.2, -0.15) is 0 Å². The van der Waals surface area contributed by atoms with Gasteiger partial charge in [0.15, 0.2) is 0 Å². The monoisotopic (exact) mass is 262 g/mol. The van der Waals surface area contributed by atoms with Gasteiger partial charge in [-0.25, -0.2) is 0 Å². The molecule has 1 aromatic carbocycles. The Morgan fingerprint density at radius 1 is 1.32 bits per heavy atom. The van der Waals surface area contributed by atoms with Crippen LogP contribution in [0.2, 0.25) is 0 Å². The molecule has 0 bridgehead atoms. The summed E-state index contributed by atoms with van der Waals surface area (Å²) in [7, 11) is 0. The smallest absolute Gasteiger partial charge is 0.139 e. The lowest BCUT2D eigenvalue weighted by Gasteiger charge is -2.23. The molecule has 1 atom stereocenters. The van der Waals surface area contributed by atoms with Crippen LogP contribution in [0.5, 0.6) is 5.75 Å². The number of nitrogens with one attached hydrogen (secondary N) is 2. The molecule has 4 heteroatoms. The van der Waals surface area contributed by atoms with E-state index in [9.17, 15) is 10.2 Å². The summed E-state index contributed by atoms with van der Waals surface area (Å²) in [6.45, 7) is 8.60. The first-order valence-corrected chi connectivity index (χ1v) is 6.52. The number of aromatic amines is 1. The minimum Gasteiger partial charge on any atom is -0.506 e. The van der Waals surface area contributed by atoms with E-state index in [4.69, 9.17) is 0 Å². The second kappa shape index (κ2) is 4.87. The van der Waals surface area contributed by atoms with Gasteiger partial charge in [0.2, 0.25) is 0 Å². The van der Waals surface area contributed by atoms with Gasteiger partial charge in [-0.3, -0.25) is 0 Å². The van der Waals surface area contributed by atoms with Gasteiger partial charge in [0, 0.05) is 23.2 Å². The minimum atomic E-state index is -0.600. The summed E-state index contributed by atoms with van der Waals surface area (Å²) in [5, 5.41) is 24.3. The second-order valence-corrected chi connectivity index (χ2v) is 6.06. The Kier molecular flexibility index (Phi) is 3.56. The maximum atomic E-state index is 10.3. The summed E-state index contributed by atoms with van der Waals surface area (Å²) in [5.41, 5.74) is 2.44. The van der Waals surface area contributed by atoms with Gasteiger partial charge in [-0.15, -0.1) is 0 Å². The maximum Gasteiger partial charge on any atom is 0.139 e. The van der Waals surface area contributed by atoms with Crippen LogP contribution in [-0.2, 0) is 0 Å². The summed E-state index contributed by atoms with van der Waals surface area (Å²) in [6, 6.07) is 5.35. The Bertz CT molecular complexity index is 582. The normalized spacial score (nSPS) is 13.9. The van der Waals surface area contributed by atoms with E-state index in [1.54, 1.807) is 12.1 Å². The highest BCUT2D eigenvalue weighted by Gasteiger charge is 2.17. The Balaban J connectivity index is 2.32. The molecule has 1 unspecified atom stereocenters. The molecular formula is C15H22N2O2. The number of aromatic hydroxyl groups is 1. The van der Waals surface area contributed by atoms with Crippen molar-refractivity contribution in [1.82, 2.24) is 10.3 Å². The fourth-order valence-electron chi connectivity index (χ4n) is 2.16. The molecule has 0 saturated carbocycles. The van der Waals surface area contributed by atoms with E-state index < -0.39 is 6.10 Å². The first-order chi connectivity index (χ1) is 8.78. The predicted octanol–water partition coefficient (Wildman–Crippen LogP) is 2.60. The lowest BCUT2D eigenvalue weighted by atomic mass is 10.0. The number of aromatic nitrogens is 1. The molecule has 0 amide bonds. The summed E-state index contributed by atoms with van der Waals surface area (Å²) in [4.78, 5) is 3.11. The molecule has 104 valence electrons. The molecule has 0 aliphatic heterocycles. The van der Waals surface area contributed by atoms with Crippen molar-refractivity contribution < 1.29 is 10.2 Å². The van der Waals surface area contributed by atoms with Gasteiger partial charge in [0.1, 0.15) is 5.75 Å². The lowest BCUT2D eigenvalue weighted by molar-refractivity contribution is 0.164. The van der Waals surface area contributed by atoms with Gasteiger partial charge < -0.3 is 20.5 Å². The topological polar surface area (TPSA) is 68.3 Å². The molecule has 0 radical (unpaired) electrons. The van der Waals surface area contributed by atoms with Crippen LogP contribution in [0.15, 0.2) is 18.2 Å². The molecule has 0 saturated heterocycles. The molecule has 0 aliphatic carbocycles. The molecule has 2 aromatic rings. The third kappa shape index (κ3) is 3.08. The molecular weight excluding hydrogens is 240 g/mol. The van der Waals surface area contributed by atoms with Crippen molar-refractivity contribution in [2.75, 3.05) is 6.54 Å². The maximum absolute atomic E-state index is 10.3. The van der Waals surface area contributed by atoms with Gasteiger partial charge in [0.25, 0.3) is 0 Å². The summed E-state index contributed by atoms with van der Waals surface area (Å²) >= 11 is 0. The predicted molar refractivity (Wildman–Crippen MR) is 77.4 cm³/mol. The zero-order valence-corrected chi connectivity index (χ0v) is 11.9. The second-order valence-electron chi connectivity index (χ2n) is 6.06. The summed E-state index contributed by atoms with van der Waals surface area (Å²) in [6.07, 6.45) is -0.600. The van der Waals surface area contributed by atoms with Crippen molar-refractivity contribution in [3.05, 3.63) is 29.5 Å². The number of benzene rings is 1. The third-order valence-electron chi connectivity index (χ3n) is 3.12. The Hall–Kier alpha value is -1.52. The largest absolute Gasteiger partial charge is 0.506 e. The first-order valence-electron chi connectivity index (χ1n) is 6.52. The van der Waals surface area contributed by atoms with Gasteiger partial charge in [-0.05, 0) is 45.4 Å². The molecule has 0 spiro atoms. The molecule has 2 rings (SSSR count). The van der Waals surface area contributed by atoms with Crippen molar-refractivity contribution in [3.8, 4) is 5.75 Å². The van der Waals surface area contributed by atoms with E-state index >= 15 is 0 Å². The molecule has 0 fully saturated rings. The van der Waals surface area contributed by atoms with Crippen molar-refractivity contribution in [1.29, 1.82) is 0 Å². The highest BCUT2D eigenvalue weighted by atomic mass is 16.3. The fourth-order valence-corrected chi connectivity index (χ4v) is 2.16. The van der Waals surface area contributed by atoms with Crippen LogP contribution in [0.4, 0.5) is 0 Å². The zero-order chi connectivity index (χ0) is 14.2. The number of rotatable bonds is 3. The van der Waals surface area contributed by atoms with E-state index in [1.165, 1.54) is 0 Å². The van der Waals surface area contributed by atoms with E-state index in [-0.39, 0.29) is 11.3 Å². The highest BCUT2D eigenvalue weighted by molar-refractivity contribution is 5.89. The van der Waals surface area contributed by atoms with Gasteiger partial charge in [0.05, 0.1) is 11.6 Å². The van der Waals surface area contributed by atoms with Crippen LogP contribution in [0.3, 0.4) is 0 Å². The number of aliphatic hydroxyl groups is 1. The van der Waals surface area contributed by atoms with E-state index in [2.05, 4.69) is 31.1 Å². The van der Waals surface area contributed by atoms with Crippen LogP contribution in [0.25, 0.3) is 10.9 Å². The van der Waals surface area contributed by atoms with Gasteiger partial charge >= 0.3 is 0 Å². The standard InChI is InChI=1S/C15H22N2O2/c1-9-7-11-10(5-6-12(18)14(11)17-9)13(19)8-16-15(2,3)4/h5-7,13,16-19H,8H2,1-4H3. The van der Waals surface area contributed by atoms with Crippen molar-refractivity contribution in [2.24, 2.45) is 0 Å². The molecule has 4 nitrogen and oxygen atoms in total. The Morgan fingerprint density at radius 3 is 2.63 bits per heavy atom. The first kappa shape index (κ1) is 13.9. The van der Waals surface area contributed by atoms with Gasteiger partial charge in [-0.1, -0.05) is 6.07 Å². The zero-order valence-electron chi connectivity index (χ0n) is 11.9. The highest BCUT2D eigenvalue weighted by Crippen LogP contribution is 2.31. The quantitative estimate of drug-likeness (QED) is 0.687. The van der Waals surface area contributed by atoms with E-state index in [0.29, 0.717) is 12.1 Å². The van der Waals surface area contributed by atoms with Crippen molar-refractivity contribution in [2.45, 2.75) is 39.3 Å². The molecule has 19 heavy (non-hydrogen) atoms. The SMILES string of the molecule is Cc1cc2c(C(O)CNC(C)(C)C)ccc(O)c2[nH]1. The number of phenols is 1. The Morgan fingerprint density at radius 2 is 2.00 bits per heavy atom. The van der Waals surface area contributed by atoms with Crippen LogP contribution in [0, 0.1) is 6.92 Å². The lowest BCUT2D eigenvalue weighted by Crippen LogP contribution is -2.38. The van der Waals surface area contributed by atoms with E-state index in [1.807, 2.05) is 13.0 Å². The van der Waals surface area contributed by atoms with Crippen LogP contribution in [-0.4, -0.2) is 27.3 Å². The minimum absolute atomic E-state index is 0.0366. The number of β-amino-alcohol motifs (C(OH)–C–C–N with tert-alkyl or cyclic N) is 1. The average molecular weight is 262 g/mol. The number of H-pyrrole nitrogens is 1. The van der Waals surface area contributed by atoms with E-state index in [0.717, 1.165) is 16.6 Å². The molecule has 1 aromatic heterocycles. The number of hydrogen-bond acceptors (Lipinski definition) is 3. The third-order valence-corrected chi connectivity index (χ3v) is 3.12. The van der Waals surface area contributed by atoms with Crippen LogP contribution < -0.4 is 5.32 Å². The summed E-state index contributed by atoms with van der Waals surface area (Å²) < 4.78 is 0. The number of phenolic OH excluding ortho intramolecular Hbond substituents is 1. The Labute approximate surface area is 113 Å². The van der Waals surface area contributed by atoms with Crippen molar-refractivity contribution in [3.63, 3.8) is 0 Å². The van der Waals surface area contributed by atoms with Crippen molar-refractivity contribution >= 4 is 10.9 Å². The van der Waals surface area contributed by atoms with Crippen LogP contribution >= 0.6 is 0 Å². The van der Waals surface area contributed by atoms with Crippen LogP contribution in [0.1, 0.15) is 38.1 Å². The molecule has 1 heterocycles. The fraction of sp³-hybridized carbons (Fsp3) is 0.467. The number of aryl methyl sites for hydroxylation is 1.